The van der Waals surface area contributed by atoms with Crippen LogP contribution in [0.4, 0.5) is 4.39 Å². The zero-order chi connectivity index (χ0) is 15.2. The molecule has 1 aliphatic rings. The fourth-order valence-electron chi connectivity index (χ4n) is 3.62. The van der Waals surface area contributed by atoms with Gasteiger partial charge in [0.25, 0.3) is 0 Å². The molecular formula is C18H27BrFN. The highest BCUT2D eigenvalue weighted by Crippen LogP contribution is 2.39. The van der Waals surface area contributed by atoms with Crippen molar-refractivity contribution in [2.24, 2.45) is 11.8 Å². The molecule has 1 saturated carbocycles. The van der Waals surface area contributed by atoms with Crippen LogP contribution in [0.1, 0.15) is 64.0 Å². The lowest BCUT2D eigenvalue weighted by Crippen LogP contribution is -2.32. The zero-order valence-electron chi connectivity index (χ0n) is 13.2. The Hall–Kier alpha value is -0.410. The van der Waals surface area contributed by atoms with Crippen molar-refractivity contribution in [3.8, 4) is 0 Å². The molecule has 2 rings (SSSR count). The molecule has 3 heteroatoms. The van der Waals surface area contributed by atoms with E-state index < -0.39 is 0 Å². The van der Waals surface area contributed by atoms with Crippen molar-refractivity contribution < 1.29 is 4.39 Å². The van der Waals surface area contributed by atoms with Gasteiger partial charge >= 0.3 is 0 Å². The third-order valence-electron chi connectivity index (χ3n) is 4.73. The molecule has 0 bridgehead atoms. The van der Waals surface area contributed by atoms with Crippen molar-refractivity contribution in [3.63, 3.8) is 0 Å². The Bertz CT molecular complexity index is 429. The number of halogens is 2. The molecule has 0 aromatic heterocycles. The maximum absolute atomic E-state index is 13.8. The molecule has 0 aliphatic heterocycles. The molecule has 0 amide bonds. The second-order valence-corrected chi connectivity index (χ2v) is 7.25. The van der Waals surface area contributed by atoms with E-state index in [0.717, 1.165) is 28.9 Å². The molecule has 0 saturated heterocycles. The number of hydrogen-bond acceptors (Lipinski definition) is 1. The third kappa shape index (κ3) is 4.79. The predicted octanol–water partition coefficient (Wildman–Crippen LogP) is 5.85. The highest BCUT2D eigenvalue weighted by atomic mass is 79.9. The average molecular weight is 356 g/mol. The summed E-state index contributed by atoms with van der Waals surface area (Å²) in [4.78, 5) is 0. The first-order chi connectivity index (χ1) is 10.1. The minimum Gasteiger partial charge on any atom is -0.310 e. The topological polar surface area (TPSA) is 12.0 Å². The average Bonchev–Trinajstić information content (AvgIpc) is 2.47. The molecule has 118 valence electrons. The normalized spacial score (nSPS) is 24.0. The summed E-state index contributed by atoms with van der Waals surface area (Å²) in [6.07, 6.45) is 7.57. The van der Waals surface area contributed by atoms with E-state index in [-0.39, 0.29) is 11.9 Å². The summed E-state index contributed by atoms with van der Waals surface area (Å²) < 4.78 is 14.6. The van der Waals surface area contributed by atoms with Gasteiger partial charge in [-0.25, -0.2) is 4.39 Å². The first kappa shape index (κ1) is 17.0. The summed E-state index contributed by atoms with van der Waals surface area (Å²) in [6.45, 7) is 5.47. The van der Waals surface area contributed by atoms with Gasteiger partial charge in [-0.3, -0.25) is 0 Å². The van der Waals surface area contributed by atoms with Gasteiger partial charge in [-0.05, 0) is 61.4 Å². The van der Waals surface area contributed by atoms with E-state index in [4.69, 9.17) is 0 Å². The SMILES string of the molecule is CCCNC(c1cc(F)cc(Br)c1)C1CCCC(CC)C1. The fourth-order valence-corrected chi connectivity index (χ4v) is 4.10. The number of benzene rings is 1. The van der Waals surface area contributed by atoms with Crippen molar-refractivity contribution in [1.29, 1.82) is 0 Å². The van der Waals surface area contributed by atoms with Gasteiger partial charge in [0.1, 0.15) is 5.82 Å². The third-order valence-corrected chi connectivity index (χ3v) is 5.19. The lowest BCUT2D eigenvalue weighted by molar-refractivity contribution is 0.209. The molecule has 1 aromatic rings. The molecule has 1 aliphatic carbocycles. The monoisotopic (exact) mass is 355 g/mol. The summed E-state index contributed by atoms with van der Waals surface area (Å²) >= 11 is 3.43. The van der Waals surface area contributed by atoms with Crippen LogP contribution in [-0.2, 0) is 0 Å². The van der Waals surface area contributed by atoms with Crippen LogP contribution in [0.2, 0.25) is 0 Å². The van der Waals surface area contributed by atoms with Crippen LogP contribution < -0.4 is 5.32 Å². The molecule has 3 unspecified atom stereocenters. The molecule has 1 fully saturated rings. The number of nitrogens with one attached hydrogen (secondary N) is 1. The predicted molar refractivity (Wildman–Crippen MR) is 90.9 cm³/mol. The Labute approximate surface area is 136 Å². The van der Waals surface area contributed by atoms with Crippen LogP contribution in [0, 0.1) is 17.7 Å². The van der Waals surface area contributed by atoms with Crippen molar-refractivity contribution in [2.45, 2.75) is 58.4 Å². The first-order valence-electron chi connectivity index (χ1n) is 8.33. The lowest BCUT2D eigenvalue weighted by Gasteiger charge is -2.35. The smallest absolute Gasteiger partial charge is 0.124 e. The standard InChI is InChI=1S/C18H27BrFN/c1-3-8-21-18(14-7-5-6-13(4-2)9-14)15-10-16(19)12-17(20)11-15/h10-14,18,21H,3-9H2,1-2H3. The zero-order valence-corrected chi connectivity index (χ0v) is 14.8. The highest BCUT2D eigenvalue weighted by molar-refractivity contribution is 9.10. The first-order valence-corrected chi connectivity index (χ1v) is 9.12. The lowest BCUT2D eigenvalue weighted by atomic mass is 9.75. The van der Waals surface area contributed by atoms with Gasteiger partial charge in [-0.1, -0.05) is 49.0 Å². The van der Waals surface area contributed by atoms with Crippen LogP contribution >= 0.6 is 15.9 Å². The van der Waals surface area contributed by atoms with Crippen LogP contribution in [-0.4, -0.2) is 6.54 Å². The van der Waals surface area contributed by atoms with Gasteiger partial charge < -0.3 is 5.32 Å². The maximum atomic E-state index is 13.8. The molecule has 0 spiro atoms. The molecule has 1 nitrogen and oxygen atoms in total. The van der Waals surface area contributed by atoms with Crippen molar-refractivity contribution in [2.75, 3.05) is 6.54 Å². The van der Waals surface area contributed by atoms with Crippen LogP contribution in [0.3, 0.4) is 0 Å². The Morgan fingerprint density at radius 3 is 2.76 bits per heavy atom. The largest absolute Gasteiger partial charge is 0.310 e. The van der Waals surface area contributed by atoms with Gasteiger partial charge in [-0.15, -0.1) is 0 Å². The minimum atomic E-state index is -0.148. The number of rotatable bonds is 6. The molecule has 1 aromatic carbocycles. The van der Waals surface area contributed by atoms with Crippen LogP contribution in [0.5, 0.6) is 0 Å². The Morgan fingerprint density at radius 2 is 2.10 bits per heavy atom. The van der Waals surface area contributed by atoms with Gasteiger partial charge in [0, 0.05) is 10.5 Å². The van der Waals surface area contributed by atoms with Gasteiger partial charge in [0.15, 0.2) is 0 Å². The van der Waals surface area contributed by atoms with Gasteiger partial charge in [-0.2, -0.15) is 0 Å². The van der Waals surface area contributed by atoms with E-state index in [1.54, 1.807) is 6.07 Å². The molecule has 0 heterocycles. The van der Waals surface area contributed by atoms with E-state index in [1.165, 1.54) is 38.2 Å². The van der Waals surface area contributed by atoms with Crippen molar-refractivity contribution >= 4 is 15.9 Å². The van der Waals surface area contributed by atoms with Gasteiger partial charge in [0.2, 0.25) is 0 Å². The minimum absolute atomic E-state index is 0.148. The quantitative estimate of drug-likeness (QED) is 0.675. The van der Waals surface area contributed by atoms with E-state index in [1.807, 2.05) is 0 Å². The second kappa shape index (κ2) is 8.28. The Balaban J connectivity index is 2.20. The summed E-state index contributed by atoms with van der Waals surface area (Å²) in [5.41, 5.74) is 1.09. The molecule has 0 radical (unpaired) electrons. The molecule has 21 heavy (non-hydrogen) atoms. The molecule has 3 atom stereocenters. The van der Waals surface area contributed by atoms with Gasteiger partial charge in [0.05, 0.1) is 0 Å². The van der Waals surface area contributed by atoms with Crippen LogP contribution in [0.15, 0.2) is 22.7 Å². The van der Waals surface area contributed by atoms with Crippen LogP contribution in [0.25, 0.3) is 0 Å². The number of hydrogen-bond donors (Lipinski definition) is 1. The summed E-state index contributed by atoms with van der Waals surface area (Å²) in [7, 11) is 0. The maximum Gasteiger partial charge on any atom is 0.124 e. The fraction of sp³-hybridized carbons (Fsp3) is 0.667. The molecule has 1 N–H and O–H groups in total. The van der Waals surface area contributed by atoms with E-state index in [2.05, 4.69) is 41.2 Å². The van der Waals surface area contributed by atoms with E-state index in [0.29, 0.717) is 5.92 Å². The highest BCUT2D eigenvalue weighted by Gasteiger charge is 2.28. The second-order valence-electron chi connectivity index (χ2n) is 6.34. The van der Waals surface area contributed by atoms with E-state index in [9.17, 15) is 4.39 Å². The molecular weight excluding hydrogens is 329 g/mol. The van der Waals surface area contributed by atoms with E-state index >= 15 is 0 Å². The Morgan fingerprint density at radius 1 is 1.29 bits per heavy atom. The van der Waals surface area contributed by atoms with Crippen molar-refractivity contribution in [3.05, 3.63) is 34.1 Å². The summed E-state index contributed by atoms with van der Waals surface area (Å²) in [5, 5.41) is 3.67. The van der Waals surface area contributed by atoms with Crippen molar-refractivity contribution in [1.82, 2.24) is 5.32 Å². The summed E-state index contributed by atoms with van der Waals surface area (Å²) in [5.74, 6) is 1.32. The Kier molecular flexibility index (Phi) is 6.69. The summed E-state index contributed by atoms with van der Waals surface area (Å²) in [6, 6.07) is 5.60.